The van der Waals surface area contributed by atoms with Gasteiger partial charge >= 0.3 is 0 Å². The molecule has 10 heteroatoms. The first-order chi connectivity index (χ1) is 17.1. The van der Waals surface area contributed by atoms with Gasteiger partial charge in [0.15, 0.2) is 16.6 Å². The molecule has 9 nitrogen and oxygen atoms in total. The van der Waals surface area contributed by atoms with Crippen molar-refractivity contribution in [2.75, 3.05) is 58.6 Å². The van der Waals surface area contributed by atoms with E-state index in [-0.39, 0.29) is 12.4 Å². The van der Waals surface area contributed by atoms with Gasteiger partial charge in [-0.05, 0) is 36.5 Å². The maximum atomic E-state index is 13.0. The van der Waals surface area contributed by atoms with Gasteiger partial charge < -0.3 is 34.1 Å². The fourth-order valence-electron chi connectivity index (χ4n) is 4.25. The minimum atomic E-state index is -0.159. The Balaban J connectivity index is 1.40. The van der Waals surface area contributed by atoms with Gasteiger partial charge in [0.2, 0.25) is 6.79 Å². The number of rotatable bonds is 7. The first kappa shape index (κ1) is 23.4. The summed E-state index contributed by atoms with van der Waals surface area (Å²) in [5, 5.41) is 4.70. The SMILES string of the molecule is COc1ccccc1NC(=S)N(CCN1CCOCC1)Cc1cc2cc3c(cc2[nH]c1=O)OCO3. The molecular weight excluding hydrogens is 468 g/mol. The van der Waals surface area contributed by atoms with Crippen LogP contribution in [0.5, 0.6) is 17.2 Å². The molecule has 1 saturated heterocycles. The van der Waals surface area contributed by atoms with Crippen molar-refractivity contribution in [2.24, 2.45) is 0 Å². The molecule has 0 aliphatic carbocycles. The number of thiocarbonyl (C=S) groups is 1. The van der Waals surface area contributed by atoms with E-state index in [1.54, 1.807) is 13.2 Å². The first-order valence-electron chi connectivity index (χ1n) is 11.6. The van der Waals surface area contributed by atoms with Gasteiger partial charge in [-0.25, -0.2) is 0 Å². The molecule has 1 fully saturated rings. The predicted molar refractivity (Wildman–Crippen MR) is 138 cm³/mol. The van der Waals surface area contributed by atoms with Gasteiger partial charge in [0, 0.05) is 43.2 Å². The van der Waals surface area contributed by atoms with E-state index in [4.69, 9.17) is 31.2 Å². The Morgan fingerprint density at radius 2 is 1.94 bits per heavy atom. The fourth-order valence-corrected chi connectivity index (χ4v) is 4.51. The number of aromatic amines is 1. The number of para-hydroxylation sites is 2. The van der Waals surface area contributed by atoms with Gasteiger partial charge in [0.05, 0.1) is 38.1 Å². The molecule has 2 aliphatic rings. The number of nitrogens with one attached hydrogen (secondary N) is 2. The Morgan fingerprint density at radius 3 is 2.74 bits per heavy atom. The zero-order valence-corrected chi connectivity index (χ0v) is 20.4. The van der Waals surface area contributed by atoms with Crippen LogP contribution >= 0.6 is 12.2 Å². The molecule has 2 N–H and O–H groups in total. The molecule has 1 aromatic heterocycles. The standard InChI is InChI=1S/C25H28N4O5S/c1-31-21-5-3-2-4-19(21)27-25(35)29(7-6-28-8-10-32-11-9-28)15-18-12-17-13-22-23(34-16-33-22)14-20(17)26-24(18)30/h2-5,12-14H,6-11,15-16H2,1H3,(H,26,30)(H,27,35). The van der Waals surface area contributed by atoms with Crippen LogP contribution < -0.4 is 25.1 Å². The van der Waals surface area contributed by atoms with Crippen LogP contribution in [0, 0.1) is 0 Å². The third-order valence-electron chi connectivity index (χ3n) is 6.20. The number of ether oxygens (including phenoxy) is 4. The van der Waals surface area contributed by atoms with E-state index in [2.05, 4.69) is 15.2 Å². The van der Waals surface area contributed by atoms with E-state index >= 15 is 0 Å². The Labute approximate surface area is 208 Å². The predicted octanol–water partition coefficient (Wildman–Crippen LogP) is 2.80. The summed E-state index contributed by atoms with van der Waals surface area (Å²) in [4.78, 5) is 20.3. The van der Waals surface area contributed by atoms with E-state index in [0.29, 0.717) is 46.5 Å². The van der Waals surface area contributed by atoms with Crippen molar-refractivity contribution in [3.05, 3.63) is 58.4 Å². The molecule has 2 aromatic carbocycles. The lowest BCUT2D eigenvalue weighted by Crippen LogP contribution is -2.44. The molecule has 0 amide bonds. The molecule has 3 heterocycles. The van der Waals surface area contributed by atoms with Crippen molar-refractivity contribution in [1.29, 1.82) is 0 Å². The molecular formula is C25H28N4O5S. The summed E-state index contributed by atoms with van der Waals surface area (Å²) in [6.07, 6.45) is 0. The molecule has 2 aliphatic heterocycles. The molecule has 0 radical (unpaired) electrons. The number of methoxy groups -OCH3 is 1. The second-order valence-corrected chi connectivity index (χ2v) is 8.81. The van der Waals surface area contributed by atoms with Crippen LogP contribution in [-0.4, -0.2) is 73.2 Å². The summed E-state index contributed by atoms with van der Waals surface area (Å²) in [5.74, 6) is 2.01. The van der Waals surface area contributed by atoms with Crippen molar-refractivity contribution < 1.29 is 18.9 Å². The monoisotopic (exact) mass is 496 g/mol. The zero-order valence-electron chi connectivity index (χ0n) is 19.5. The second-order valence-electron chi connectivity index (χ2n) is 8.42. The smallest absolute Gasteiger partial charge is 0.253 e. The summed E-state index contributed by atoms with van der Waals surface area (Å²) in [7, 11) is 1.62. The number of aromatic nitrogens is 1. The highest BCUT2D eigenvalue weighted by molar-refractivity contribution is 7.80. The number of pyridine rings is 1. The van der Waals surface area contributed by atoms with Gasteiger partial charge in [-0.3, -0.25) is 9.69 Å². The lowest BCUT2D eigenvalue weighted by Gasteiger charge is -2.31. The second kappa shape index (κ2) is 10.5. The number of morpholine rings is 1. The van der Waals surface area contributed by atoms with Crippen molar-refractivity contribution in [1.82, 2.24) is 14.8 Å². The van der Waals surface area contributed by atoms with Gasteiger partial charge in [-0.2, -0.15) is 0 Å². The van der Waals surface area contributed by atoms with E-state index in [9.17, 15) is 4.79 Å². The average Bonchev–Trinajstić information content (AvgIpc) is 3.33. The lowest BCUT2D eigenvalue weighted by atomic mass is 10.1. The number of nitrogens with zero attached hydrogens (tertiary/aromatic N) is 2. The third kappa shape index (κ3) is 5.34. The molecule has 35 heavy (non-hydrogen) atoms. The summed E-state index contributed by atoms with van der Waals surface area (Å²) in [5.41, 5.74) is 1.93. The quantitative estimate of drug-likeness (QED) is 0.480. The topological polar surface area (TPSA) is 88.3 Å². The molecule has 0 saturated carbocycles. The van der Waals surface area contributed by atoms with Gasteiger partial charge in [0.1, 0.15) is 5.75 Å². The Bertz CT molecular complexity index is 1270. The maximum absolute atomic E-state index is 13.0. The van der Waals surface area contributed by atoms with Gasteiger partial charge in [0.25, 0.3) is 5.56 Å². The van der Waals surface area contributed by atoms with Crippen molar-refractivity contribution in [2.45, 2.75) is 6.54 Å². The number of hydrogen-bond acceptors (Lipinski definition) is 7. The Kier molecular flexibility index (Phi) is 7.03. The van der Waals surface area contributed by atoms with Crippen LogP contribution in [0.15, 0.2) is 47.3 Å². The van der Waals surface area contributed by atoms with Crippen molar-refractivity contribution in [3.8, 4) is 17.2 Å². The zero-order chi connectivity index (χ0) is 24.2. The highest BCUT2D eigenvalue weighted by Gasteiger charge is 2.19. The molecule has 0 spiro atoms. The van der Waals surface area contributed by atoms with Crippen molar-refractivity contribution >= 4 is 33.9 Å². The summed E-state index contributed by atoms with van der Waals surface area (Å²) < 4.78 is 21.9. The van der Waals surface area contributed by atoms with E-state index < -0.39 is 0 Å². The maximum Gasteiger partial charge on any atom is 0.253 e. The van der Waals surface area contributed by atoms with Crippen LogP contribution in [0.1, 0.15) is 5.56 Å². The third-order valence-corrected chi connectivity index (χ3v) is 6.56. The molecule has 5 rings (SSSR count). The van der Waals surface area contributed by atoms with Crippen LogP contribution in [-0.2, 0) is 11.3 Å². The minimum absolute atomic E-state index is 0.159. The Hall–Kier alpha value is -3.34. The number of benzene rings is 2. The average molecular weight is 497 g/mol. The minimum Gasteiger partial charge on any atom is -0.495 e. The van der Waals surface area contributed by atoms with E-state index in [0.717, 1.165) is 43.9 Å². The van der Waals surface area contributed by atoms with Crippen LogP contribution in [0.25, 0.3) is 10.9 Å². The Morgan fingerprint density at radius 1 is 1.17 bits per heavy atom. The summed E-state index contributed by atoms with van der Waals surface area (Å²) >= 11 is 5.80. The molecule has 0 bridgehead atoms. The normalized spacial score (nSPS) is 15.2. The van der Waals surface area contributed by atoms with Crippen LogP contribution in [0.2, 0.25) is 0 Å². The summed E-state index contributed by atoms with van der Waals surface area (Å²) in [6, 6.07) is 13.2. The number of anilines is 1. The van der Waals surface area contributed by atoms with Gasteiger partial charge in [-0.15, -0.1) is 0 Å². The highest BCUT2D eigenvalue weighted by atomic mass is 32.1. The summed E-state index contributed by atoms with van der Waals surface area (Å²) in [6.45, 7) is 5.20. The molecule has 3 aromatic rings. The van der Waals surface area contributed by atoms with E-state index in [1.807, 2.05) is 41.3 Å². The highest BCUT2D eigenvalue weighted by Crippen LogP contribution is 2.35. The number of fused-ring (bicyclic) bond motifs is 2. The van der Waals surface area contributed by atoms with Crippen LogP contribution in [0.3, 0.4) is 0 Å². The largest absolute Gasteiger partial charge is 0.495 e. The fraction of sp³-hybridized carbons (Fsp3) is 0.360. The van der Waals surface area contributed by atoms with Gasteiger partial charge in [-0.1, -0.05) is 12.1 Å². The lowest BCUT2D eigenvalue weighted by molar-refractivity contribution is 0.0358. The number of hydrogen-bond donors (Lipinski definition) is 2. The van der Waals surface area contributed by atoms with Crippen LogP contribution in [0.4, 0.5) is 5.69 Å². The number of H-pyrrole nitrogens is 1. The van der Waals surface area contributed by atoms with E-state index in [1.165, 1.54) is 0 Å². The molecule has 184 valence electrons. The first-order valence-corrected chi connectivity index (χ1v) is 12.0. The molecule has 0 atom stereocenters. The molecule has 0 unspecified atom stereocenters. The van der Waals surface area contributed by atoms with Crippen molar-refractivity contribution in [3.63, 3.8) is 0 Å².